The zero-order valence-corrected chi connectivity index (χ0v) is 14.2. The molecule has 1 aromatic carbocycles. The molecule has 2 unspecified atom stereocenters. The van der Waals surface area contributed by atoms with Crippen LogP contribution >= 0.6 is 15.9 Å². The van der Waals surface area contributed by atoms with Crippen LogP contribution in [0.3, 0.4) is 0 Å². The first kappa shape index (κ1) is 15.8. The highest BCUT2D eigenvalue weighted by Crippen LogP contribution is 2.39. The molecule has 1 aliphatic rings. The SMILES string of the molecule is COc1ccc(Br)c(CC2(O)CCCC(C(C)C)C2)c1. The Kier molecular flexibility index (Phi) is 5.14. The molecule has 1 fully saturated rings. The van der Waals surface area contributed by atoms with Crippen LogP contribution in [-0.2, 0) is 6.42 Å². The minimum Gasteiger partial charge on any atom is -0.497 e. The number of rotatable bonds is 4. The van der Waals surface area contributed by atoms with Gasteiger partial charge in [-0.3, -0.25) is 0 Å². The molecule has 2 atom stereocenters. The lowest BCUT2D eigenvalue weighted by Gasteiger charge is -2.39. The highest BCUT2D eigenvalue weighted by atomic mass is 79.9. The Hall–Kier alpha value is -0.540. The predicted molar refractivity (Wildman–Crippen MR) is 86.1 cm³/mol. The third-order valence-electron chi connectivity index (χ3n) is 4.57. The molecule has 0 spiro atoms. The van der Waals surface area contributed by atoms with Gasteiger partial charge in [0.15, 0.2) is 0 Å². The molecule has 0 aliphatic heterocycles. The van der Waals surface area contributed by atoms with E-state index in [9.17, 15) is 5.11 Å². The number of ether oxygens (including phenoxy) is 1. The molecule has 1 aliphatic carbocycles. The van der Waals surface area contributed by atoms with Gasteiger partial charge in [0, 0.05) is 10.9 Å². The van der Waals surface area contributed by atoms with Gasteiger partial charge in [-0.15, -0.1) is 0 Å². The van der Waals surface area contributed by atoms with Crippen molar-refractivity contribution in [2.24, 2.45) is 11.8 Å². The van der Waals surface area contributed by atoms with E-state index in [0.717, 1.165) is 35.0 Å². The second-order valence-electron chi connectivity index (χ2n) is 6.46. The summed E-state index contributed by atoms with van der Waals surface area (Å²) < 4.78 is 6.34. The van der Waals surface area contributed by atoms with E-state index in [-0.39, 0.29) is 0 Å². The van der Waals surface area contributed by atoms with E-state index in [0.29, 0.717) is 18.3 Å². The van der Waals surface area contributed by atoms with E-state index in [1.165, 1.54) is 6.42 Å². The molecule has 0 amide bonds. The molecule has 2 nitrogen and oxygen atoms in total. The summed E-state index contributed by atoms with van der Waals surface area (Å²) in [6.07, 6.45) is 4.89. The molecule has 2 rings (SSSR count). The van der Waals surface area contributed by atoms with Crippen LogP contribution in [0.5, 0.6) is 5.75 Å². The highest BCUT2D eigenvalue weighted by Gasteiger charge is 2.35. The van der Waals surface area contributed by atoms with Gasteiger partial charge >= 0.3 is 0 Å². The van der Waals surface area contributed by atoms with Crippen LogP contribution in [0.2, 0.25) is 0 Å². The Bertz CT molecular complexity index is 458. The fourth-order valence-electron chi connectivity index (χ4n) is 3.28. The molecule has 1 aromatic rings. The molecular formula is C17H25BrO2. The van der Waals surface area contributed by atoms with Crippen molar-refractivity contribution in [3.8, 4) is 5.75 Å². The Labute approximate surface area is 130 Å². The molecule has 3 heteroatoms. The highest BCUT2D eigenvalue weighted by molar-refractivity contribution is 9.10. The number of methoxy groups -OCH3 is 1. The lowest BCUT2D eigenvalue weighted by Crippen LogP contribution is -2.38. The summed E-state index contributed by atoms with van der Waals surface area (Å²) in [5.74, 6) is 2.14. The van der Waals surface area contributed by atoms with Gasteiger partial charge in [-0.2, -0.15) is 0 Å². The van der Waals surface area contributed by atoms with Crippen molar-refractivity contribution in [1.82, 2.24) is 0 Å². The van der Waals surface area contributed by atoms with Crippen molar-refractivity contribution in [2.45, 2.75) is 51.6 Å². The minimum absolute atomic E-state index is 0.567. The van der Waals surface area contributed by atoms with Gasteiger partial charge in [0.05, 0.1) is 12.7 Å². The third-order valence-corrected chi connectivity index (χ3v) is 5.35. The Balaban J connectivity index is 2.15. The van der Waals surface area contributed by atoms with E-state index < -0.39 is 5.60 Å². The van der Waals surface area contributed by atoms with Crippen molar-refractivity contribution < 1.29 is 9.84 Å². The molecule has 0 radical (unpaired) electrons. The summed E-state index contributed by atoms with van der Waals surface area (Å²) >= 11 is 3.59. The fourth-order valence-corrected chi connectivity index (χ4v) is 3.67. The van der Waals surface area contributed by atoms with E-state index in [2.05, 4.69) is 29.8 Å². The standard InChI is InChI=1S/C17H25BrO2/c1-12(2)13-5-4-8-17(19,10-13)11-14-9-15(20-3)6-7-16(14)18/h6-7,9,12-13,19H,4-5,8,10-11H2,1-3H3. The maximum absolute atomic E-state index is 11.0. The van der Waals surface area contributed by atoms with E-state index >= 15 is 0 Å². The first-order valence-corrected chi connectivity index (χ1v) is 8.27. The summed E-state index contributed by atoms with van der Waals surface area (Å²) in [6.45, 7) is 4.52. The van der Waals surface area contributed by atoms with Gasteiger partial charge in [-0.1, -0.05) is 36.2 Å². The quantitative estimate of drug-likeness (QED) is 0.869. The van der Waals surface area contributed by atoms with Crippen LogP contribution < -0.4 is 4.74 Å². The average Bonchev–Trinajstić information content (AvgIpc) is 2.41. The maximum Gasteiger partial charge on any atom is 0.119 e. The van der Waals surface area contributed by atoms with Crippen LogP contribution in [0.1, 0.15) is 45.1 Å². The Morgan fingerprint density at radius 1 is 1.45 bits per heavy atom. The van der Waals surface area contributed by atoms with Gasteiger partial charge in [0.1, 0.15) is 5.75 Å². The van der Waals surface area contributed by atoms with Crippen molar-refractivity contribution in [3.63, 3.8) is 0 Å². The van der Waals surface area contributed by atoms with Crippen LogP contribution in [0.15, 0.2) is 22.7 Å². The van der Waals surface area contributed by atoms with Gasteiger partial charge in [0.25, 0.3) is 0 Å². The average molecular weight is 341 g/mol. The molecule has 0 aromatic heterocycles. The number of halogens is 1. The van der Waals surface area contributed by atoms with E-state index in [1.807, 2.05) is 18.2 Å². The molecular weight excluding hydrogens is 316 g/mol. The van der Waals surface area contributed by atoms with E-state index in [4.69, 9.17) is 4.74 Å². The first-order chi connectivity index (χ1) is 9.43. The maximum atomic E-state index is 11.0. The lowest BCUT2D eigenvalue weighted by atomic mass is 9.71. The van der Waals surface area contributed by atoms with Crippen molar-refractivity contribution in [1.29, 1.82) is 0 Å². The molecule has 1 saturated carbocycles. The first-order valence-electron chi connectivity index (χ1n) is 7.48. The predicted octanol–water partition coefficient (Wildman–Crippen LogP) is 4.58. The minimum atomic E-state index is -0.567. The fraction of sp³-hybridized carbons (Fsp3) is 0.647. The van der Waals surface area contributed by atoms with Crippen LogP contribution in [0, 0.1) is 11.8 Å². The summed E-state index contributed by atoms with van der Waals surface area (Å²) in [7, 11) is 1.68. The van der Waals surface area contributed by atoms with Crippen molar-refractivity contribution in [3.05, 3.63) is 28.2 Å². The summed E-state index contributed by atoms with van der Waals surface area (Å²) in [5.41, 5.74) is 0.568. The number of benzene rings is 1. The van der Waals surface area contributed by atoms with E-state index in [1.54, 1.807) is 7.11 Å². The van der Waals surface area contributed by atoms with Crippen LogP contribution in [0.25, 0.3) is 0 Å². The lowest BCUT2D eigenvalue weighted by molar-refractivity contribution is -0.0241. The second-order valence-corrected chi connectivity index (χ2v) is 7.31. The Morgan fingerprint density at radius 3 is 2.85 bits per heavy atom. The van der Waals surface area contributed by atoms with Crippen LogP contribution in [0.4, 0.5) is 0 Å². The monoisotopic (exact) mass is 340 g/mol. The summed E-state index contributed by atoms with van der Waals surface area (Å²) in [4.78, 5) is 0. The zero-order chi connectivity index (χ0) is 14.8. The largest absolute Gasteiger partial charge is 0.497 e. The molecule has 0 saturated heterocycles. The molecule has 0 bridgehead atoms. The molecule has 0 heterocycles. The van der Waals surface area contributed by atoms with Crippen molar-refractivity contribution >= 4 is 15.9 Å². The summed E-state index contributed by atoms with van der Waals surface area (Å²) in [5, 5.41) is 11.0. The molecule has 112 valence electrons. The number of hydrogen-bond donors (Lipinski definition) is 1. The third kappa shape index (κ3) is 3.76. The van der Waals surface area contributed by atoms with Gasteiger partial charge in [-0.05, 0) is 54.9 Å². The second kappa shape index (κ2) is 6.48. The summed E-state index contributed by atoms with van der Waals surface area (Å²) in [6, 6.07) is 5.97. The van der Waals surface area contributed by atoms with Gasteiger partial charge in [0.2, 0.25) is 0 Å². The molecule has 20 heavy (non-hydrogen) atoms. The topological polar surface area (TPSA) is 29.5 Å². The normalized spacial score (nSPS) is 26.8. The zero-order valence-electron chi connectivity index (χ0n) is 12.7. The number of hydrogen-bond acceptors (Lipinski definition) is 2. The van der Waals surface area contributed by atoms with Crippen LogP contribution in [-0.4, -0.2) is 17.8 Å². The van der Waals surface area contributed by atoms with Gasteiger partial charge < -0.3 is 9.84 Å². The Morgan fingerprint density at radius 2 is 2.20 bits per heavy atom. The smallest absolute Gasteiger partial charge is 0.119 e. The van der Waals surface area contributed by atoms with Crippen molar-refractivity contribution in [2.75, 3.05) is 7.11 Å². The molecule has 1 N–H and O–H groups in total. The van der Waals surface area contributed by atoms with Gasteiger partial charge in [-0.25, -0.2) is 0 Å². The number of aliphatic hydroxyl groups is 1.